The van der Waals surface area contributed by atoms with Crippen molar-refractivity contribution in [2.45, 2.75) is 6.42 Å². The molecule has 0 bridgehead atoms. The summed E-state index contributed by atoms with van der Waals surface area (Å²) >= 11 is 0. The molecular weight excluding hydrogens is 198 g/mol. The molecule has 16 heavy (non-hydrogen) atoms. The van der Waals surface area contributed by atoms with E-state index >= 15 is 0 Å². The van der Waals surface area contributed by atoms with E-state index in [0.29, 0.717) is 0 Å². The van der Waals surface area contributed by atoms with Gasteiger partial charge in [-0.3, -0.25) is 0 Å². The average molecular weight is 213 g/mol. The van der Waals surface area contributed by atoms with Crippen molar-refractivity contribution in [3.8, 4) is 0 Å². The third kappa shape index (κ3) is 1.53. The van der Waals surface area contributed by atoms with Gasteiger partial charge in [-0.2, -0.15) is 0 Å². The predicted octanol–water partition coefficient (Wildman–Crippen LogP) is 2.28. The summed E-state index contributed by atoms with van der Waals surface area (Å²) in [7, 11) is 2.17. The van der Waals surface area contributed by atoms with E-state index in [-0.39, 0.29) is 0 Å². The molecule has 0 saturated carbocycles. The molecule has 1 N–H and O–H groups in total. The van der Waals surface area contributed by atoms with Crippen LogP contribution in [0.3, 0.4) is 0 Å². The van der Waals surface area contributed by atoms with Gasteiger partial charge in [0.2, 0.25) is 0 Å². The van der Waals surface area contributed by atoms with Gasteiger partial charge in [0.05, 0.1) is 0 Å². The number of hydrogen-bond acceptors (Lipinski definition) is 2. The van der Waals surface area contributed by atoms with Crippen molar-refractivity contribution in [3.63, 3.8) is 0 Å². The van der Waals surface area contributed by atoms with Crippen LogP contribution in [0.4, 0.5) is 0 Å². The summed E-state index contributed by atoms with van der Waals surface area (Å²) in [5, 5.41) is 1.23. The first-order valence-electron chi connectivity index (χ1n) is 5.64. The van der Waals surface area contributed by atoms with Crippen LogP contribution >= 0.6 is 0 Å². The number of rotatable bonds is 1. The van der Waals surface area contributed by atoms with E-state index < -0.39 is 0 Å². The topological polar surface area (TPSA) is 31.9 Å². The van der Waals surface area contributed by atoms with E-state index in [1.54, 1.807) is 0 Å². The summed E-state index contributed by atoms with van der Waals surface area (Å²) < 4.78 is 0. The summed E-state index contributed by atoms with van der Waals surface area (Å²) in [4.78, 5) is 9.90. The van der Waals surface area contributed by atoms with Gasteiger partial charge in [-0.1, -0.05) is 6.08 Å². The number of likely N-dealkylation sites (N-methyl/N-ethyl adjacent to an activating group) is 1. The van der Waals surface area contributed by atoms with Crippen LogP contribution in [-0.2, 0) is 0 Å². The molecular formula is C13H15N3. The van der Waals surface area contributed by atoms with Crippen LogP contribution in [0.15, 0.2) is 30.6 Å². The fraction of sp³-hybridized carbons (Fsp3) is 0.308. The van der Waals surface area contributed by atoms with Gasteiger partial charge in [0.25, 0.3) is 0 Å². The maximum Gasteiger partial charge on any atom is 0.137 e. The van der Waals surface area contributed by atoms with Crippen LogP contribution in [0.25, 0.3) is 16.6 Å². The minimum absolute atomic E-state index is 0.978. The maximum atomic E-state index is 4.32. The van der Waals surface area contributed by atoms with Crippen LogP contribution < -0.4 is 0 Å². The Morgan fingerprint density at radius 1 is 1.44 bits per heavy atom. The molecule has 0 aliphatic carbocycles. The molecule has 2 aromatic rings. The highest BCUT2D eigenvalue weighted by atomic mass is 15.1. The summed E-state index contributed by atoms with van der Waals surface area (Å²) in [5.41, 5.74) is 3.69. The second-order valence-corrected chi connectivity index (χ2v) is 4.36. The molecule has 3 nitrogen and oxygen atoms in total. The zero-order valence-electron chi connectivity index (χ0n) is 9.40. The van der Waals surface area contributed by atoms with Crippen molar-refractivity contribution in [2.75, 3.05) is 20.1 Å². The van der Waals surface area contributed by atoms with Gasteiger partial charge in [-0.05, 0) is 31.2 Å². The smallest absolute Gasteiger partial charge is 0.137 e. The SMILES string of the molecule is CN1CCC=C(c2c[nH]c3ncccc23)C1. The van der Waals surface area contributed by atoms with E-state index in [9.17, 15) is 0 Å². The minimum Gasteiger partial charge on any atom is -0.346 e. The van der Waals surface area contributed by atoms with E-state index in [1.165, 1.54) is 16.5 Å². The van der Waals surface area contributed by atoms with Gasteiger partial charge in [0.15, 0.2) is 0 Å². The fourth-order valence-corrected chi connectivity index (χ4v) is 2.31. The molecule has 82 valence electrons. The standard InChI is InChI=1S/C13H15N3/c1-16-7-3-4-10(9-16)12-8-15-13-11(12)5-2-6-14-13/h2,4-6,8H,3,7,9H2,1H3,(H,14,15). The molecule has 2 aromatic heterocycles. The minimum atomic E-state index is 0.978. The monoisotopic (exact) mass is 213 g/mol. The highest BCUT2D eigenvalue weighted by molar-refractivity contribution is 5.91. The number of nitrogens with zero attached hydrogens (tertiary/aromatic N) is 2. The highest BCUT2D eigenvalue weighted by Crippen LogP contribution is 2.26. The largest absolute Gasteiger partial charge is 0.346 e. The molecule has 0 aromatic carbocycles. The normalized spacial score (nSPS) is 17.7. The maximum absolute atomic E-state index is 4.32. The van der Waals surface area contributed by atoms with Crippen molar-refractivity contribution >= 4 is 16.6 Å². The van der Waals surface area contributed by atoms with E-state index in [0.717, 1.165) is 25.2 Å². The molecule has 0 atom stereocenters. The molecule has 0 amide bonds. The van der Waals surface area contributed by atoms with Crippen LogP contribution in [-0.4, -0.2) is 35.0 Å². The lowest BCUT2D eigenvalue weighted by Gasteiger charge is -2.22. The second-order valence-electron chi connectivity index (χ2n) is 4.36. The Labute approximate surface area is 94.8 Å². The van der Waals surface area contributed by atoms with Gasteiger partial charge in [-0.15, -0.1) is 0 Å². The molecule has 0 spiro atoms. The third-order valence-electron chi connectivity index (χ3n) is 3.14. The van der Waals surface area contributed by atoms with Crippen LogP contribution in [0.5, 0.6) is 0 Å². The Morgan fingerprint density at radius 2 is 2.38 bits per heavy atom. The molecule has 3 heterocycles. The van der Waals surface area contributed by atoms with Gasteiger partial charge in [-0.25, -0.2) is 4.98 Å². The zero-order chi connectivity index (χ0) is 11.0. The quantitative estimate of drug-likeness (QED) is 0.788. The van der Waals surface area contributed by atoms with E-state index in [4.69, 9.17) is 0 Å². The first kappa shape index (κ1) is 9.60. The van der Waals surface area contributed by atoms with Crippen LogP contribution in [0, 0.1) is 0 Å². The van der Waals surface area contributed by atoms with Crippen molar-refractivity contribution in [2.24, 2.45) is 0 Å². The first-order valence-corrected chi connectivity index (χ1v) is 5.64. The zero-order valence-corrected chi connectivity index (χ0v) is 9.40. The molecule has 3 heteroatoms. The van der Waals surface area contributed by atoms with Crippen molar-refractivity contribution < 1.29 is 0 Å². The van der Waals surface area contributed by atoms with Crippen molar-refractivity contribution in [1.29, 1.82) is 0 Å². The number of fused-ring (bicyclic) bond motifs is 1. The lowest BCUT2D eigenvalue weighted by Crippen LogP contribution is -2.24. The number of aromatic nitrogens is 2. The van der Waals surface area contributed by atoms with Crippen molar-refractivity contribution in [1.82, 2.24) is 14.9 Å². The lowest BCUT2D eigenvalue weighted by atomic mass is 10.0. The van der Waals surface area contributed by atoms with Gasteiger partial charge in [0, 0.05) is 36.4 Å². The van der Waals surface area contributed by atoms with Gasteiger partial charge < -0.3 is 9.88 Å². The lowest BCUT2D eigenvalue weighted by molar-refractivity contribution is 0.373. The Kier molecular flexibility index (Phi) is 2.26. The van der Waals surface area contributed by atoms with Crippen LogP contribution in [0.2, 0.25) is 0 Å². The molecule has 3 rings (SSSR count). The number of hydrogen-bond donors (Lipinski definition) is 1. The summed E-state index contributed by atoms with van der Waals surface area (Å²) in [6.45, 7) is 2.19. The molecule has 0 saturated heterocycles. The number of pyridine rings is 1. The van der Waals surface area contributed by atoms with Gasteiger partial charge >= 0.3 is 0 Å². The van der Waals surface area contributed by atoms with E-state index in [1.807, 2.05) is 12.3 Å². The average Bonchev–Trinajstić information content (AvgIpc) is 2.72. The predicted molar refractivity (Wildman–Crippen MR) is 66.2 cm³/mol. The fourth-order valence-electron chi connectivity index (χ4n) is 2.31. The molecule has 0 radical (unpaired) electrons. The van der Waals surface area contributed by atoms with Gasteiger partial charge in [0.1, 0.15) is 5.65 Å². The summed E-state index contributed by atoms with van der Waals surface area (Å²) in [5.74, 6) is 0. The molecule has 1 aliphatic heterocycles. The summed E-state index contributed by atoms with van der Waals surface area (Å²) in [6, 6.07) is 4.12. The van der Waals surface area contributed by atoms with E-state index in [2.05, 4.69) is 40.3 Å². The highest BCUT2D eigenvalue weighted by Gasteiger charge is 2.13. The number of aromatic amines is 1. The molecule has 0 unspecified atom stereocenters. The summed E-state index contributed by atoms with van der Waals surface area (Å²) in [6.07, 6.45) is 7.38. The molecule has 0 fully saturated rings. The molecule has 1 aliphatic rings. The third-order valence-corrected chi connectivity index (χ3v) is 3.14. The second kappa shape index (κ2) is 3.76. The Morgan fingerprint density at radius 3 is 3.25 bits per heavy atom. The first-order chi connectivity index (χ1) is 7.84. The number of H-pyrrole nitrogens is 1. The Bertz CT molecular complexity index is 539. The number of nitrogens with one attached hydrogen (secondary N) is 1. The van der Waals surface area contributed by atoms with Crippen LogP contribution in [0.1, 0.15) is 12.0 Å². The van der Waals surface area contributed by atoms with Crippen molar-refractivity contribution in [3.05, 3.63) is 36.2 Å². The Hall–Kier alpha value is -1.61. The Balaban J connectivity index is 2.09.